The summed E-state index contributed by atoms with van der Waals surface area (Å²) in [6.45, 7) is 8.80. The van der Waals surface area contributed by atoms with Crippen molar-refractivity contribution in [3.05, 3.63) is 28.2 Å². The van der Waals surface area contributed by atoms with Gasteiger partial charge in [0.15, 0.2) is 0 Å². The van der Waals surface area contributed by atoms with Crippen molar-refractivity contribution in [3.63, 3.8) is 0 Å². The summed E-state index contributed by atoms with van der Waals surface area (Å²) in [6, 6.07) is 6.08. The van der Waals surface area contributed by atoms with Gasteiger partial charge in [0.2, 0.25) is 0 Å². The van der Waals surface area contributed by atoms with Crippen molar-refractivity contribution in [1.82, 2.24) is 5.32 Å². The van der Waals surface area contributed by atoms with Crippen molar-refractivity contribution < 1.29 is 0 Å². The summed E-state index contributed by atoms with van der Waals surface area (Å²) in [7, 11) is 0. The van der Waals surface area contributed by atoms with Crippen LogP contribution in [0.25, 0.3) is 0 Å². The molecule has 0 atom stereocenters. The van der Waals surface area contributed by atoms with Crippen LogP contribution in [0.4, 0.5) is 5.69 Å². The van der Waals surface area contributed by atoms with Crippen LogP contribution >= 0.6 is 15.9 Å². The van der Waals surface area contributed by atoms with Gasteiger partial charge in [0.05, 0.1) is 0 Å². The Kier molecular flexibility index (Phi) is 6.87. The summed E-state index contributed by atoms with van der Waals surface area (Å²) >= 11 is 3.43. The first-order valence-corrected chi connectivity index (χ1v) is 7.98. The van der Waals surface area contributed by atoms with Crippen LogP contribution in [-0.2, 0) is 6.54 Å². The van der Waals surface area contributed by atoms with Crippen molar-refractivity contribution in [1.29, 1.82) is 0 Å². The second-order valence-electron chi connectivity index (χ2n) is 6.07. The summed E-state index contributed by atoms with van der Waals surface area (Å²) in [4.78, 5) is 0. The van der Waals surface area contributed by atoms with Gasteiger partial charge >= 0.3 is 0 Å². The fourth-order valence-electron chi connectivity index (χ4n) is 2.20. The van der Waals surface area contributed by atoms with E-state index in [2.05, 4.69) is 48.1 Å². The zero-order valence-corrected chi connectivity index (χ0v) is 14.0. The summed E-state index contributed by atoms with van der Waals surface area (Å²) < 4.78 is 1.04. The lowest BCUT2D eigenvalue weighted by Crippen LogP contribution is -2.29. The fourth-order valence-corrected chi connectivity index (χ4v) is 2.58. The molecular weight excluding hydrogens is 300 g/mol. The Bertz CT molecular complexity index is 388. The third-order valence-corrected chi connectivity index (χ3v) is 3.98. The highest BCUT2D eigenvalue weighted by molar-refractivity contribution is 9.10. The summed E-state index contributed by atoms with van der Waals surface area (Å²) in [5.74, 6) is 0. The lowest BCUT2D eigenvalue weighted by molar-refractivity contribution is 0.302. The van der Waals surface area contributed by atoms with E-state index in [1.54, 1.807) is 0 Å². The van der Waals surface area contributed by atoms with E-state index in [0.717, 1.165) is 23.2 Å². The van der Waals surface area contributed by atoms with Crippen LogP contribution < -0.4 is 11.1 Å². The molecule has 1 aromatic rings. The molecule has 3 N–H and O–H groups in total. The molecule has 0 heterocycles. The van der Waals surface area contributed by atoms with Gasteiger partial charge in [-0.05, 0) is 29.5 Å². The van der Waals surface area contributed by atoms with Crippen LogP contribution in [0.3, 0.4) is 0 Å². The van der Waals surface area contributed by atoms with Crippen LogP contribution in [0.1, 0.15) is 52.0 Å². The maximum absolute atomic E-state index is 6.00. The van der Waals surface area contributed by atoms with E-state index in [1.165, 1.54) is 31.2 Å². The first kappa shape index (κ1) is 16.5. The third kappa shape index (κ3) is 6.44. The molecule has 0 amide bonds. The zero-order valence-electron chi connectivity index (χ0n) is 12.4. The van der Waals surface area contributed by atoms with E-state index in [1.807, 2.05) is 12.1 Å². The lowest BCUT2D eigenvalue weighted by Gasteiger charge is -2.25. The molecule has 2 nitrogen and oxygen atoms in total. The number of hydrogen-bond acceptors (Lipinski definition) is 2. The zero-order chi connectivity index (χ0) is 14.3. The maximum Gasteiger partial charge on any atom is 0.0370 e. The molecule has 0 saturated heterocycles. The monoisotopic (exact) mass is 326 g/mol. The Labute approximate surface area is 126 Å². The number of halogens is 1. The third-order valence-electron chi connectivity index (χ3n) is 3.48. The SMILES string of the molecule is CCCCCC(C)(C)CNCc1ccc(Br)cc1N. The Balaban J connectivity index is 2.36. The minimum Gasteiger partial charge on any atom is -0.398 e. The molecule has 0 bridgehead atoms. The molecule has 0 aliphatic carbocycles. The van der Waals surface area contributed by atoms with Crippen molar-refractivity contribution in [2.75, 3.05) is 12.3 Å². The van der Waals surface area contributed by atoms with Gasteiger partial charge in [-0.15, -0.1) is 0 Å². The highest BCUT2D eigenvalue weighted by Gasteiger charge is 2.16. The Morgan fingerprint density at radius 3 is 2.63 bits per heavy atom. The smallest absolute Gasteiger partial charge is 0.0370 e. The van der Waals surface area contributed by atoms with E-state index in [0.29, 0.717) is 5.41 Å². The summed E-state index contributed by atoms with van der Waals surface area (Å²) in [5.41, 5.74) is 8.39. The van der Waals surface area contributed by atoms with E-state index in [4.69, 9.17) is 5.73 Å². The predicted octanol–water partition coefficient (Wildman–Crippen LogP) is 4.73. The van der Waals surface area contributed by atoms with Crippen LogP contribution in [0, 0.1) is 5.41 Å². The number of unbranched alkanes of at least 4 members (excludes halogenated alkanes) is 2. The highest BCUT2D eigenvalue weighted by Crippen LogP contribution is 2.23. The summed E-state index contributed by atoms with van der Waals surface area (Å²) in [6.07, 6.45) is 5.23. The van der Waals surface area contributed by atoms with Gasteiger partial charge < -0.3 is 11.1 Å². The molecule has 3 heteroatoms. The predicted molar refractivity (Wildman–Crippen MR) is 88.2 cm³/mol. The second kappa shape index (κ2) is 7.91. The van der Waals surface area contributed by atoms with E-state index in [-0.39, 0.29) is 0 Å². The molecule has 0 saturated carbocycles. The molecular formula is C16H27BrN2. The molecule has 1 rings (SSSR count). The minimum atomic E-state index is 0.360. The average molecular weight is 327 g/mol. The van der Waals surface area contributed by atoms with Gasteiger partial charge in [-0.2, -0.15) is 0 Å². The minimum absolute atomic E-state index is 0.360. The molecule has 0 fully saturated rings. The Morgan fingerprint density at radius 2 is 2.00 bits per heavy atom. The molecule has 19 heavy (non-hydrogen) atoms. The number of nitrogens with one attached hydrogen (secondary N) is 1. The van der Waals surface area contributed by atoms with Crippen LogP contribution in [0.5, 0.6) is 0 Å². The van der Waals surface area contributed by atoms with E-state index in [9.17, 15) is 0 Å². The molecule has 0 aromatic heterocycles. The number of hydrogen-bond donors (Lipinski definition) is 2. The van der Waals surface area contributed by atoms with Gasteiger partial charge in [0, 0.05) is 23.2 Å². The average Bonchev–Trinajstić information content (AvgIpc) is 2.32. The molecule has 0 aliphatic heterocycles. The first-order chi connectivity index (χ1) is 8.94. The quantitative estimate of drug-likeness (QED) is 0.535. The lowest BCUT2D eigenvalue weighted by atomic mass is 9.87. The Hall–Kier alpha value is -0.540. The van der Waals surface area contributed by atoms with Crippen molar-refractivity contribution >= 4 is 21.6 Å². The van der Waals surface area contributed by atoms with E-state index < -0.39 is 0 Å². The van der Waals surface area contributed by atoms with E-state index >= 15 is 0 Å². The number of benzene rings is 1. The van der Waals surface area contributed by atoms with Crippen molar-refractivity contribution in [2.45, 2.75) is 53.0 Å². The van der Waals surface area contributed by atoms with Crippen LogP contribution in [-0.4, -0.2) is 6.54 Å². The van der Waals surface area contributed by atoms with Gasteiger partial charge in [0.25, 0.3) is 0 Å². The molecule has 108 valence electrons. The fraction of sp³-hybridized carbons (Fsp3) is 0.625. The van der Waals surface area contributed by atoms with Gasteiger partial charge in [-0.3, -0.25) is 0 Å². The Morgan fingerprint density at radius 1 is 1.26 bits per heavy atom. The van der Waals surface area contributed by atoms with Gasteiger partial charge in [-0.1, -0.05) is 62.0 Å². The van der Waals surface area contributed by atoms with Gasteiger partial charge in [-0.25, -0.2) is 0 Å². The van der Waals surface area contributed by atoms with Crippen LogP contribution in [0.15, 0.2) is 22.7 Å². The van der Waals surface area contributed by atoms with Crippen molar-refractivity contribution in [3.8, 4) is 0 Å². The van der Waals surface area contributed by atoms with Crippen LogP contribution in [0.2, 0.25) is 0 Å². The molecule has 0 spiro atoms. The number of rotatable bonds is 8. The number of anilines is 1. The summed E-state index contributed by atoms with van der Waals surface area (Å²) in [5, 5.41) is 3.53. The molecule has 1 aromatic carbocycles. The second-order valence-corrected chi connectivity index (χ2v) is 6.98. The topological polar surface area (TPSA) is 38.0 Å². The van der Waals surface area contributed by atoms with Gasteiger partial charge in [0.1, 0.15) is 0 Å². The molecule has 0 aliphatic rings. The number of nitrogen functional groups attached to an aromatic ring is 1. The molecule has 0 unspecified atom stereocenters. The largest absolute Gasteiger partial charge is 0.398 e. The molecule has 0 radical (unpaired) electrons. The maximum atomic E-state index is 6.00. The number of nitrogens with two attached hydrogens (primary N) is 1. The normalized spacial score (nSPS) is 11.8. The standard InChI is InChI=1S/C16H27BrN2/c1-4-5-6-9-16(2,3)12-19-11-13-7-8-14(17)10-15(13)18/h7-8,10,19H,4-6,9,11-12,18H2,1-3H3. The van der Waals surface area contributed by atoms with Crippen molar-refractivity contribution in [2.24, 2.45) is 5.41 Å². The highest BCUT2D eigenvalue weighted by atomic mass is 79.9. The first-order valence-electron chi connectivity index (χ1n) is 7.19.